The number of hydrogen-bond donors (Lipinski definition) is 0. The minimum absolute atomic E-state index is 0.782. The summed E-state index contributed by atoms with van der Waals surface area (Å²) in [6.45, 7) is 4.50. The van der Waals surface area contributed by atoms with Gasteiger partial charge < -0.3 is 17.3 Å². The van der Waals surface area contributed by atoms with Crippen molar-refractivity contribution in [2.24, 2.45) is 0 Å². The zero-order valence-corrected chi connectivity index (χ0v) is 9.91. The first-order chi connectivity index (χ1) is 5.30. The first kappa shape index (κ1) is 12.4. The van der Waals surface area contributed by atoms with Gasteiger partial charge in [-0.3, -0.25) is 0 Å². The molecule has 0 bridgehead atoms. The van der Waals surface area contributed by atoms with Gasteiger partial charge in [0.1, 0.15) is 0 Å². The van der Waals surface area contributed by atoms with Gasteiger partial charge in [-0.25, -0.2) is 0 Å². The Labute approximate surface area is 80.2 Å². The minimum Gasteiger partial charge on any atom is -0.418 e. The molecule has 0 saturated heterocycles. The van der Waals surface area contributed by atoms with Crippen LogP contribution in [0.4, 0.5) is 17.3 Å². The first-order valence-electron chi connectivity index (χ1n) is 3.00. The smallest absolute Gasteiger partial charge is 0.418 e. The fourth-order valence-corrected chi connectivity index (χ4v) is 6.46. The summed E-state index contributed by atoms with van der Waals surface area (Å²) in [7, 11) is -6.00. The zero-order valence-electron chi connectivity index (χ0n) is 6.48. The van der Waals surface area contributed by atoms with E-state index in [-0.39, 0.29) is 0 Å². The third kappa shape index (κ3) is 8.53. The molecule has 0 nitrogen and oxygen atoms in total. The maximum atomic E-state index is 9.75. The van der Waals surface area contributed by atoms with E-state index in [4.69, 9.17) is 0 Å². The molecule has 7 heteroatoms. The molecule has 0 aliphatic rings. The second-order valence-electron chi connectivity index (χ2n) is 1.94. The first-order valence-corrected chi connectivity index (χ1v) is 6.69. The van der Waals surface area contributed by atoms with Gasteiger partial charge in [0.15, 0.2) is 0 Å². The molecule has 1 aromatic heterocycles. The fourth-order valence-electron chi connectivity index (χ4n) is 0.334. The number of hydrogen-bond acceptors (Lipinski definition) is 0. The Balaban J connectivity index is 0.000000217. The molecule has 0 radical (unpaired) electrons. The van der Waals surface area contributed by atoms with Gasteiger partial charge in [0.25, 0.3) is 0 Å². The van der Waals surface area contributed by atoms with Crippen LogP contribution in [0.25, 0.3) is 0 Å². The average Bonchev–Trinajstić information content (AvgIpc) is 2.12. The summed E-state index contributed by atoms with van der Waals surface area (Å²) in [5, 5.41) is 0. The summed E-state index contributed by atoms with van der Waals surface area (Å²) < 4.78 is 44.8. The summed E-state index contributed by atoms with van der Waals surface area (Å²) in [5.74, 6) is 0. The van der Waals surface area contributed by atoms with Crippen LogP contribution in [0, 0.1) is 13.8 Å². The molecule has 1 aromatic rings. The summed E-state index contributed by atoms with van der Waals surface area (Å²) in [4.78, 5) is 0. The second kappa shape index (κ2) is 5.23. The molecule has 0 saturated carbocycles. The van der Waals surface area contributed by atoms with Gasteiger partial charge in [0.05, 0.1) is 0 Å². The molecule has 0 spiro atoms. The average molecular weight is 312 g/mol. The van der Waals surface area contributed by atoms with Crippen LogP contribution in [0.5, 0.6) is 0 Å². The number of rotatable bonds is 0. The topological polar surface area (TPSA) is 0 Å². The van der Waals surface area contributed by atoms with E-state index < -0.39 is 7.25 Å². The second-order valence-corrected chi connectivity index (χ2v) is 8.00. The molecule has 1 rings (SSSR count). The minimum atomic E-state index is -6.00. The molecule has 70 valence electrons. The van der Waals surface area contributed by atoms with Gasteiger partial charge in [-0.1, -0.05) is 0 Å². The third-order valence-electron chi connectivity index (χ3n) is 0.946. The maximum absolute atomic E-state index is 9.75. The van der Waals surface area contributed by atoms with Crippen LogP contribution in [-0.2, 0) is 0 Å². The van der Waals surface area contributed by atoms with Crippen LogP contribution >= 0.6 is 0 Å². The Morgan fingerprint density at radius 3 is 1.75 bits per heavy atom. The molecular weight excluding hydrogens is 305 g/mol. The van der Waals surface area contributed by atoms with Gasteiger partial charge in [-0.15, -0.1) is 0 Å². The predicted molar refractivity (Wildman–Crippen MR) is 44.4 cm³/mol. The molecule has 0 amide bonds. The van der Waals surface area contributed by atoms with Crippen molar-refractivity contribution in [2.75, 3.05) is 0 Å². The SMILES string of the molecule is Cc1[se]c[se+]c1C.F[B-](F)(F)F. The molecule has 1 heterocycles. The Bertz CT molecular complexity index is 209. The Kier molecular flexibility index (Phi) is 5.41. The molecule has 0 unspecified atom stereocenters. The summed E-state index contributed by atoms with van der Waals surface area (Å²) in [6, 6.07) is 0. The van der Waals surface area contributed by atoms with Crippen molar-refractivity contribution in [3.05, 3.63) is 12.7 Å². The van der Waals surface area contributed by atoms with E-state index in [2.05, 4.69) is 17.7 Å². The zero-order chi connectivity index (χ0) is 9.78. The van der Waals surface area contributed by atoms with Crippen LogP contribution in [0.1, 0.15) is 8.87 Å². The Morgan fingerprint density at radius 1 is 1.25 bits per heavy atom. The molecule has 0 aromatic carbocycles. The van der Waals surface area contributed by atoms with Crippen molar-refractivity contribution in [3.63, 3.8) is 0 Å². The number of aryl methyl sites for hydroxylation is 2. The molecule has 0 fully saturated rings. The molecule has 0 aliphatic carbocycles. The van der Waals surface area contributed by atoms with Crippen molar-refractivity contribution >= 4 is 36.3 Å². The van der Waals surface area contributed by atoms with Gasteiger partial charge in [0, 0.05) is 0 Å². The summed E-state index contributed by atoms with van der Waals surface area (Å²) in [6.07, 6.45) is 0. The van der Waals surface area contributed by atoms with Gasteiger partial charge in [0.2, 0.25) is 0 Å². The van der Waals surface area contributed by atoms with Crippen molar-refractivity contribution in [2.45, 2.75) is 13.8 Å². The maximum Gasteiger partial charge on any atom is 0.673 e. The van der Waals surface area contributed by atoms with E-state index in [1.54, 1.807) is 8.87 Å². The van der Waals surface area contributed by atoms with Gasteiger partial charge in [-0.05, 0) is 0 Å². The van der Waals surface area contributed by atoms with Gasteiger partial charge >= 0.3 is 62.8 Å². The van der Waals surface area contributed by atoms with Crippen LogP contribution in [0.15, 0.2) is 3.81 Å². The molecule has 12 heavy (non-hydrogen) atoms. The van der Waals surface area contributed by atoms with Crippen molar-refractivity contribution < 1.29 is 17.3 Å². The van der Waals surface area contributed by atoms with E-state index >= 15 is 0 Å². The normalized spacial score (nSPS) is 10.5. The van der Waals surface area contributed by atoms with Gasteiger partial charge in [-0.2, -0.15) is 0 Å². The van der Waals surface area contributed by atoms with E-state index in [1.165, 1.54) is 0 Å². The van der Waals surface area contributed by atoms with E-state index in [1.807, 2.05) is 0 Å². The predicted octanol–water partition coefficient (Wildman–Crippen LogP) is 2.00. The molecule has 0 atom stereocenters. The van der Waals surface area contributed by atoms with Crippen molar-refractivity contribution in [3.8, 4) is 0 Å². The monoisotopic (exact) mass is 314 g/mol. The standard InChI is InChI=1S/C5H7Se2.BF4/c1-4-5(2)7-3-6-4;2-1(3,4)5/h3H,1-2H3;/q+1;-1. The van der Waals surface area contributed by atoms with Crippen LogP contribution < -0.4 is 0 Å². The third-order valence-corrected chi connectivity index (χ3v) is 6.87. The van der Waals surface area contributed by atoms with Crippen LogP contribution in [-0.4, -0.2) is 36.3 Å². The fraction of sp³-hybridized carbons (Fsp3) is 0.400. The molecule has 0 aliphatic heterocycles. The van der Waals surface area contributed by atoms with E-state index in [0.717, 1.165) is 29.0 Å². The van der Waals surface area contributed by atoms with E-state index in [0.29, 0.717) is 0 Å². The van der Waals surface area contributed by atoms with E-state index in [9.17, 15) is 17.3 Å². The molecule has 0 N–H and O–H groups in total. The molecular formula is C5H7BF4Se2. The quantitative estimate of drug-likeness (QED) is 0.508. The number of halogens is 4. The van der Waals surface area contributed by atoms with Crippen LogP contribution in [0.2, 0.25) is 0 Å². The van der Waals surface area contributed by atoms with Crippen molar-refractivity contribution in [1.29, 1.82) is 0 Å². The van der Waals surface area contributed by atoms with Crippen LogP contribution in [0.3, 0.4) is 0 Å². The van der Waals surface area contributed by atoms with Crippen molar-refractivity contribution in [1.82, 2.24) is 0 Å². The Morgan fingerprint density at radius 2 is 1.67 bits per heavy atom. The summed E-state index contributed by atoms with van der Waals surface area (Å²) in [5.41, 5.74) is 0. The Hall–Kier alpha value is 0.434. The largest absolute Gasteiger partial charge is 0.673 e. The summed E-state index contributed by atoms with van der Waals surface area (Å²) >= 11 is 1.56.